The van der Waals surface area contributed by atoms with E-state index in [1.54, 1.807) is 18.2 Å². The van der Waals surface area contributed by atoms with Crippen molar-refractivity contribution < 1.29 is 18.3 Å². The number of hydrazine groups is 1. The lowest BCUT2D eigenvalue weighted by molar-refractivity contribution is -0.245. The van der Waals surface area contributed by atoms with Crippen LogP contribution in [0, 0.1) is 11.3 Å². The van der Waals surface area contributed by atoms with Crippen molar-refractivity contribution in [3.05, 3.63) is 77.8 Å². The number of halogens is 3. The van der Waals surface area contributed by atoms with E-state index in [2.05, 4.69) is 4.98 Å². The summed E-state index contributed by atoms with van der Waals surface area (Å²) in [6.07, 6.45) is -4.71. The van der Waals surface area contributed by atoms with Gasteiger partial charge in [-0.3, -0.25) is 0 Å². The van der Waals surface area contributed by atoms with Gasteiger partial charge in [-0.2, -0.15) is 18.4 Å². The number of nitrogens with two attached hydrogens (primary N) is 2. The first kappa shape index (κ1) is 23.1. The molecular formula is C23H22F3N5O. The van der Waals surface area contributed by atoms with Gasteiger partial charge in [0, 0.05) is 11.6 Å². The minimum absolute atomic E-state index is 0.00736. The highest BCUT2D eigenvalue weighted by molar-refractivity contribution is 5.95. The first-order valence-electron chi connectivity index (χ1n) is 9.76. The van der Waals surface area contributed by atoms with Gasteiger partial charge in [-0.1, -0.05) is 49.4 Å². The second-order valence-corrected chi connectivity index (χ2v) is 7.35. The average Bonchev–Trinajstić information content (AvgIpc) is 2.77. The van der Waals surface area contributed by atoms with E-state index >= 15 is 0 Å². The van der Waals surface area contributed by atoms with E-state index in [1.165, 1.54) is 6.92 Å². The lowest BCUT2D eigenvalue weighted by Crippen LogP contribution is -2.49. The molecule has 1 unspecified atom stereocenters. The van der Waals surface area contributed by atoms with Crippen LogP contribution in [0.15, 0.2) is 66.5 Å². The van der Waals surface area contributed by atoms with Gasteiger partial charge in [0.25, 0.3) is 0 Å². The Labute approximate surface area is 183 Å². The Bertz CT molecular complexity index is 1190. The van der Waals surface area contributed by atoms with E-state index in [-0.39, 0.29) is 12.2 Å². The van der Waals surface area contributed by atoms with E-state index < -0.39 is 23.9 Å². The molecule has 0 saturated heterocycles. The molecule has 1 heterocycles. The molecule has 0 aliphatic rings. The maximum absolute atomic E-state index is 13.2. The number of hydrogen-bond donors (Lipinski definition) is 3. The molecule has 3 aromatic rings. The predicted molar refractivity (Wildman–Crippen MR) is 115 cm³/mol. The van der Waals surface area contributed by atoms with E-state index in [0.717, 1.165) is 27.7 Å². The van der Waals surface area contributed by atoms with Gasteiger partial charge >= 0.3 is 6.18 Å². The average molecular weight is 441 g/mol. The van der Waals surface area contributed by atoms with Gasteiger partial charge in [0.05, 0.1) is 17.8 Å². The Morgan fingerprint density at radius 3 is 2.47 bits per heavy atom. The van der Waals surface area contributed by atoms with Gasteiger partial charge in [0.1, 0.15) is 11.8 Å². The molecule has 2 aromatic carbocycles. The van der Waals surface area contributed by atoms with Crippen molar-refractivity contribution in [2.24, 2.45) is 11.6 Å². The van der Waals surface area contributed by atoms with Crippen LogP contribution in [0.1, 0.15) is 24.6 Å². The van der Waals surface area contributed by atoms with Crippen molar-refractivity contribution in [3.63, 3.8) is 0 Å². The molecule has 32 heavy (non-hydrogen) atoms. The van der Waals surface area contributed by atoms with Gasteiger partial charge in [-0.05, 0) is 35.2 Å². The van der Waals surface area contributed by atoms with Crippen LogP contribution < -0.4 is 11.6 Å². The fourth-order valence-electron chi connectivity index (χ4n) is 3.40. The lowest BCUT2D eigenvalue weighted by atomic mass is 9.96. The quantitative estimate of drug-likeness (QED) is 0.394. The summed E-state index contributed by atoms with van der Waals surface area (Å²) in [6.45, 7) is 1.19. The minimum Gasteiger partial charge on any atom is -0.398 e. The monoisotopic (exact) mass is 441 g/mol. The SMILES string of the molecule is CCC(O)(/C(N)=C/N(N)Cc1ccc2c(-c3ccccc3)cc(C#N)nc2c1)C(F)(F)F. The number of nitrogens with zero attached hydrogens (tertiary/aromatic N) is 3. The normalized spacial score (nSPS) is 14.1. The maximum atomic E-state index is 13.2. The van der Waals surface area contributed by atoms with E-state index in [0.29, 0.717) is 11.1 Å². The van der Waals surface area contributed by atoms with Crippen molar-refractivity contribution in [1.29, 1.82) is 5.26 Å². The summed E-state index contributed by atoms with van der Waals surface area (Å²) >= 11 is 0. The summed E-state index contributed by atoms with van der Waals surface area (Å²) in [5.74, 6) is 5.85. The molecular weight excluding hydrogens is 419 g/mol. The van der Waals surface area contributed by atoms with Crippen molar-refractivity contribution in [1.82, 2.24) is 9.99 Å². The van der Waals surface area contributed by atoms with Crippen molar-refractivity contribution in [3.8, 4) is 17.2 Å². The molecule has 5 N–H and O–H groups in total. The highest BCUT2D eigenvalue weighted by Crippen LogP contribution is 2.37. The van der Waals surface area contributed by atoms with Crippen LogP contribution >= 0.6 is 0 Å². The summed E-state index contributed by atoms with van der Waals surface area (Å²) in [4.78, 5) is 4.34. The molecule has 0 saturated carbocycles. The summed E-state index contributed by atoms with van der Waals surface area (Å²) in [7, 11) is 0. The zero-order valence-electron chi connectivity index (χ0n) is 17.3. The Balaban J connectivity index is 1.95. The van der Waals surface area contributed by atoms with Crippen LogP contribution in [0.3, 0.4) is 0 Å². The second-order valence-electron chi connectivity index (χ2n) is 7.35. The molecule has 1 atom stereocenters. The molecule has 1 aromatic heterocycles. The predicted octanol–water partition coefficient (Wildman–Crippen LogP) is 3.95. The summed E-state index contributed by atoms with van der Waals surface area (Å²) in [6, 6.07) is 18.6. The number of aromatic nitrogens is 1. The highest BCUT2D eigenvalue weighted by atomic mass is 19.4. The largest absolute Gasteiger partial charge is 0.422 e. The van der Waals surface area contributed by atoms with Crippen LogP contribution in [-0.4, -0.2) is 26.9 Å². The van der Waals surface area contributed by atoms with Crippen molar-refractivity contribution in [2.75, 3.05) is 0 Å². The summed E-state index contributed by atoms with van der Waals surface area (Å²) < 4.78 is 39.6. The molecule has 0 radical (unpaired) electrons. The smallest absolute Gasteiger partial charge is 0.398 e. The number of rotatable bonds is 6. The van der Waals surface area contributed by atoms with Crippen LogP contribution in [0.25, 0.3) is 22.0 Å². The summed E-state index contributed by atoms with van der Waals surface area (Å²) in [5.41, 5.74) is 4.75. The van der Waals surface area contributed by atoms with Crippen LogP contribution in [0.5, 0.6) is 0 Å². The minimum atomic E-state index is -4.93. The molecule has 0 spiro atoms. The Kier molecular flexibility index (Phi) is 6.39. The molecule has 9 heteroatoms. The van der Waals surface area contributed by atoms with E-state index in [9.17, 15) is 23.5 Å². The van der Waals surface area contributed by atoms with Crippen LogP contribution in [0.2, 0.25) is 0 Å². The molecule has 0 fully saturated rings. The van der Waals surface area contributed by atoms with Crippen molar-refractivity contribution >= 4 is 10.9 Å². The third-order valence-electron chi connectivity index (χ3n) is 5.20. The fraction of sp³-hybridized carbons (Fsp3) is 0.217. The molecule has 0 amide bonds. The first-order valence-corrected chi connectivity index (χ1v) is 9.76. The maximum Gasteiger partial charge on any atom is 0.422 e. The van der Waals surface area contributed by atoms with Gasteiger partial charge in [0.2, 0.25) is 5.60 Å². The van der Waals surface area contributed by atoms with Gasteiger partial charge in [-0.15, -0.1) is 0 Å². The zero-order valence-corrected chi connectivity index (χ0v) is 17.3. The number of benzene rings is 2. The first-order chi connectivity index (χ1) is 15.1. The standard InChI is InChI=1S/C23H22F3N5O/c1-2-22(32,23(24,25)26)21(28)14-31(29)13-15-8-9-18-19(16-6-4-3-5-7-16)11-17(12-27)30-20(18)10-15/h3-11,14,32H,2,13,28-29H2,1H3/b21-14-. The number of hydrogen-bond acceptors (Lipinski definition) is 6. The summed E-state index contributed by atoms with van der Waals surface area (Å²) in [5, 5.41) is 21.1. The molecule has 0 bridgehead atoms. The zero-order chi connectivity index (χ0) is 23.5. The number of alkyl halides is 3. The third kappa shape index (κ3) is 4.51. The molecule has 166 valence electrons. The number of fused-ring (bicyclic) bond motifs is 1. The Morgan fingerprint density at radius 2 is 1.88 bits per heavy atom. The van der Waals surface area contributed by atoms with Gasteiger partial charge in [-0.25, -0.2) is 10.8 Å². The van der Waals surface area contributed by atoms with Crippen molar-refractivity contribution in [2.45, 2.75) is 31.7 Å². The topological polar surface area (TPSA) is 112 Å². The number of pyridine rings is 1. The second kappa shape index (κ2) is 8.86. The number of aliphatic hydroxyl groups is 1. The third-order valence-corrected chi connectivity index (χ3v) is 5.20. The fourth-order valence-corrected chi connectivity index (χ4v) is 3.40. The molecule has 3 rings (SSSR count). The lowest BCUT2D eigenvalue weighted by Gasteiger charge is -2.30. The molecule has 0 aliphatic heterocycles. The van der Waals surface area contributed by atoms with Crippen LogP contribution in [-0.2, 0) is 6.54 Å². The molecule has 0 aliphatic carbocycles. The van der Waals surface area contributed by atoms with E-state index in [1.807, 2.05) is 42.5 Å². The van der Waals surface area contributed by atoms with Gasteiger partial charge < -0.3 is 15.8 Å². The van der Waals surface area contributed by atoms with E-state index in [4.69, 9.17) is 11.6 Å². The molecule has 6 nitrogen and oxygen atoms in total. The highest BCUT2D eigenvalue weighted by Gasteiger charge is 2.54. The van der Waals surface area contributed by atoms with Crippen LogP contribution in [0.4, 0.5) is 13.2 Å². The van der Waals surface area contributed by atoms with Gasteiger partial charge in [0.15, 0.2) is 0 Å². The Morgan fingerprint density at radius 1 is 1.19 bits per heavy atom. The Hall–Kier alpha value is -3.61. The number of nitriles is 1.